The van der Waals surface area contributed by atoms with Crippen molar-refractivity contribution in [3.05, 3.63) is 0 Å². The van der Waals surface area contributed by atoms with Crippen molar-refractivity contribution in [3.8, 4) is 12.3 Å². The molecule has 0 aromatic heterocycles. The van der Waals surface area contributed by atoms with Crippen molar-refractivity contribution in [2.75, 3.05) is 139 Å². The van der Waals surface area contributed by atoms with Gasteiger partial charge in [-0.15, -0.1) is 6.42 Å². The molecule has 0 bridgehead atoms. The minimum atomic E-state index is -0.131. The Morgan fingerprint density at radius 2 is 0.604 bits per heavy atom. The van der Waals surface area contributed by atoms with Crippen molar-refractivity contribution in [2.45, 2.75) is 110 Å². The van der Waals surface area contributed by atoms with E-state index in [1.54, 1.807) is 0 Å². The monoisotopic (exact) mass is 763 g/mol. The maximum atomic E-state index is 11.9. The quantitative estimate of drug-likeness (QED) is 0.0378. The summed E-state index contributed by atoms with van der Waals surface area (Å²) in [6.07, 6.45) is 25.3. The highest BCUT2D eigenvalue weighted by molar-refractivity contribution is 5.69. The number of hydrogen-bond acceptors (Lipinski definition) is 12. The molecule has 0 aliphatic heterocycles. The Bertz CT molecular complexity index is 736. The van der Waals surface area contributed by atoms with Crippen LogP contribution >= 0.6 is 0 Å². The molecule has 0 saturated heterocycles. The number of hydrogen-bond donors (Lipinski definition) is 0. The second-order valence-corrected chi connectivity index (χ2v) is 12.7. The van der Waals surface area contributed by atoms with E-state index >= 15 is 0 Å². The van der Waals surface area contributed by atoms with Crippen molar-refractivity contribution in [2.24, 2.45) is 0 Å². The second-order valence-electron chi connectivity index (χ2n) is 12.7. The predicted octanol–water partition coefficient (Wildman–Crippen LogP) is 6.59. The van der Waals surface area contributed by atoms with E-state index in [2.05, 4.69) is 12.8 Å². The molecule has 0 fully saturated rings. The number of rotatable bonds is 47. The largest absolute Gasteiger partial charge is 0.463 e. The summed E-state index contributed by atoms with van der Waals surface area (Å²) < 4.78 is 59.5. The first kappa shape index (κ1) is 51.6. The highest BCUT2D eigenvalue weighted by atomic mass is 16.6. The highest BCUT2D eigenvalue weighted by Gasteiger charge is 2.03. The van der Waals surface area contributed by atoms with Crippen LogP contribution in [0.4, 0.5) is 0 Å². The molecule has 0 rings (SSSR count). The molecule has 0 aromatic carbocycles. The molecule has 0 saturated carbocycles. The minimum absolute atomic E-state index is 0.131. The third kappa shape index (κ3) is 48.6. The number of carbonyl (C=O) groups excluding carboxylic acids is 1. The van der Waals surface area contributed by atoms with Crippen LogP contribution in [0.2, 0.25) is 0 Å². The third-order valence-corrected chi connectivity index (χ3v) is 8.01. The molecule has 12 nitrogen and oxygen atoms in total. The van der Waals surface area contributed by atoms with Crippen molar-refractivity contribution in [1.29, 1.82) is 0 Å². The number of esters is 1. The topological polar surface area (TPSA) is 119 Å². The molecule has 0 atom stereocenters. The Morgan fingerprint density at radius 1 is 0.358 bits per heavy atom. The lowest BCUT2D eigenvalue weighted by molar-refractivity contribution is -0.145. The highest BCUT2D eigenvalue weighted by Crippen LogP contribution is 2.13. The van der Waals surface area contributed by atoms with Gasteiger partial charge in [0.05, 0.1) is 126 Å². The maximum Gasteiger partial charge on any atom is 0.305 e. The van der Waals surface area contributed by atoms with E-state index in [0.29, 0.717) is 139 Å². The molecule has 0 aliphatic carbocycles. The summed E-state index contributed by atoms with van der Waals surface area (Å²) in [5.41, 5.74) is 0. The summed E-state index contributed by atoms with van der Waals surface area (Å²) in [7, 11) is 0. The molecule has 314 valence electrons. The van der Waals surface area contributed by atoms with E-state index < -0.39 is 0 Å². The smallest absolute Gasteiger partial charge is 0.305 e. The lowest BCUT2D eigenvalue weighted by Gasteiger charge is -2.09. The second kappa shape index (κ2) is 48.6. The summed E-state index contributed by atoms with van der Waals surface area (Å²) in [4.78, 5) is 11.9. The van der Waals surface area contributed by atoms with Crippen LogP contribution in [0, 0.1) is 12.3 Å². The standard InChI is InChI=1S/C41H78O12/c1-3-5-6-7-8-9-10-11-12-13-14-15-16-17-18-19-41(42)53-40-39-52-38-37-51-36-35-50-34-33-49-32-31-48-30-29-47-28-27-46-26-25-45-24-23-44-22-21-43-20-4-2/h2H,3,5-40H2,1H3. The average Bonchev–Trinajstić information content (AvgIpc) is 3.16. The summed E-state index contributed by atoms with van der Waals surface area (Å²) in [5, 5.41) is 0. The van der Waals surface area contributed by atoms with Crippen molar-refractivity contribution in [1.82, 2.24) is 0 Å². The van der Waals surface area contributed by atoms with Crippen LogP contribution in [0.25, 0.3) is 0 Å². The van der Waals surface area contributed by atoms with Gasteiger partial charge in [-0.05, 0) is 6.42 Å². The fraction of sp³-hybridized carbons (Fsp3) is 0.927. The molecule has 0 unspecified atom stereocenters. The zero-order chi connectivity index (χ0) is 38.2. The molecule has 0 heterocycles. The first-order valence-corrected chi connectivity index (χ1v) is 20.7. The van der Waals surface area contributed by atoms with Gasteiger partial charge in [0, 0.05) is 6.42 Å². The van der Waals surface area contributed by atoms with Crippen LogP contribution < -0.4 is 0 Å². The van der Waals surface area contributed by atoms with E-state index in [9.17, 15) is 4.79 Å². The van der Waals surface area contributed by atoms with Crippen molar-refractivity contribution < 1.29 is 56.9 Å². The Labute approximate surface area is 323 Å². The van der Waals surface area contributed by atoms with Crippen LogP contribution in [0.5, 0.6) is 0 Å². The van der Waals surface area contributed by atoms with E-state index in [0.717, 1.165) is 12.8 Å². The van der Waals surface area contributed by atoms with Gasteiger partial charge >= 0.3 is 5.97 Å². The van der Waals surface area contributed by atoms with Gasteiger partial charge < -0.3 is 52.1 Å². The third-order valence-electron chi connectivity index (χ3n) is 8.01. The van der Waals surface area contributed by atoms with E-state index in [4.69, 9.17) is 58.5 Å². The number of unbranched alkanes of at least 4 members (excludes halogenated alkanes) is 14. The van der Waals surface area contributed by atoms with Crippen LogP contribution in [-0.2, 0) is 56.9 Å². The van der Waals surface area contributed by atoms with Gasteiger partial charge in [0.1, 0.15) is 13.2 Å². The Morgan fingerprint density at radius 3 is 0.887 bits per heavy atom. The average molecular weight is 763 g/mol. The maximum absolute atomic E-state index is 11.9. The Hall–Kier alpha value is -1.37. The van der Waals surface area contributed by atoms with Crippen molar-refractivity contribution >= 4 is 5.97 Å². The molecule has 0 radical (unpaired) electrons. The van der Waals surface area contributed by atoms with Gasteiger partial charge in [-0.2, -0.15) is 0 Å². The molecule has 0 aromatic rings. The molecule has 53 heavy (non-hydrogen) atoms. The minimum Gasteiger partial charge on any atom is -0.463 e. The van der Waals surface area contributed by atoms with Crippen LogP contribution in [0.3, 0.4) is 0 Å². The predicted molar refractivity (Wildman–Crippen MR) is 208 cm³/mol. The SMILES string of the molecule is C#CCOCCOCCOCCOCCOCCOCCOCCOCCOCCOCCOC(=O)CCCCCCCCCCCCCCCCC. The summed E-state index contributed by atoms with van der Waals surface area (Å²) in [5.74, 6) is 2.27. The Kier molecular flexibility index (Phi) is 47.4. The lowest BCUT2D eigenvalue weighted by atomic mass is 10.0. The molecular weight excluding hydrogens is 684 g/mol. The van der Waals surface area contributed by atoms with Crippen LogP contribution in [0.1, 0.15) is 110 Å². The zero-order valence-electron chi connectivity index (χ0n) is 33.6. The molecule has 12 heteroatoms. The molecule has 0 N–H and O–H groups in total. The number of carbonyl (C=O) groups is 1. The first-order valence-electron chi connectivity index (χ1n) is 20.7. The van der Waals surface area contributed by atoms with Gasteiger partial charge in [-0.25, -0.2) is 0 Å². The van der Waals surface area contributed by atoms with Crippen LogP contribution in [-0.4, -0.2) is 145 Å². The van der Waals surface area contributed by atoms with Gasteiger partial charge in [0.2, 0.25) is 0 Å². The normalized spacial score (nSPS) is 11.3. The van der Waals surface area contributed by atoms with Gasteiger partial charge in [-0.1, -0.05) is 103 Å². The molecular formula is C41H78O12. The molecule has 0 aliphatic rings. The van der Waals surface area contributed by atoms with Crippen molar-refractivity contribution in [3.63, 3.8) is 0 Å². The summed E-state index contributed by atoms with van der Waals surface area (Å²) >= 11 is 0. The van der Waals surface area contributed by atoms with Gasteiger partial charge in [0.25, 0.3) is 0 Å². The summed E-state index contributed by atoms with van der Waals surface area (Å²) in [6, 6.07) is 0. The number of terminal acetylenes is 1. The lowest BCUT2D eigenvalue weighted by Crippen LogP contribution is -2.15. The van der Waals surface area contributed by atoms with Gasteiger partial charge in [-0.3, -0.25) is 4.79 Å². The van der Waals surface area contributed by atoms with Crippen LogP contribution in [0.15, 0.2) is 0 Å². The van der Waals surface area contributed by atoms with E-state index in [1.807, 2.05) is 0 Å². The molecule has 0 amide bonds. The van der Waals surface area contributed by atoms with E-state index in [1.165, 1.54) is 83.5 Å². The molecule has 0 spiro atoms. The fourth-order valence-corrected chi connectivity index (χ4v) is 5.04. The Balaban J connectivity index is 3.13. The number of ether oxygens (including phenoxy) is 11. The van der Waals surface area contributed by atoms with E-state index in [-0.39, 0.29) is 12.6 Å². The fourth-order valence-electron chi connectivity index (χ4n) is 5.04. The zero-order valence-corrected chi connectivity index (χ0v) is 33.6. The summed E-state index contributed by atoms with van der Waals surface area (Å²) in [6.45, 7) is 12.2. The first-order chi connectivity index (χ1) is 26.3. The van der Waals surface area contributed by atoms with Gasteiger partial charge in [0.15, 0.2) is 0 Å².